The molecule has 0 amide bonds. The molecule has 22 nitrogen and oxygen atoms in total. The maximum atomic E-state index is 15.6. The van der Waals surface area contributed by atoms with Crippen LogP contribution in [0.25, 0.3) is 0 Å². The molecule has 5 aromatic heterocycles. The van der Waals surface area contributed by atoms with E-state index in [4.69, 9.17) is 20.9 Å². The number of carbonyl (C=O) groups excluding carboxylic acids is 4. The van der Waals surface area contributed by atoms with Crippen molar-refractivity contribution >= 4 is 75.8 Å². The second kappa shape index (κ2) is 28.8. The van der Waals surface area contributed by atoms with Gasteiger partial charge in [0.1, 0.15) is 121 Å². The van der Waals surface area contributed by atoms with Gasteiger partial charge in [-0.2, -0.15) is 0 Å². The fraction of sp³-hybridized carbons (Fsp3) is 0.562. The first-order valence-corrected chi connectivity index (χ1v) is 39.2. The molecule has 9 atom stereocenters. The molecule has 36 heteroatoms. The van der Waals surface area contributed by atoms with Crippen LogP contribution in [0.15, 0.2) is 89.0 Å². The van der Waals surface area contributed by atoms with E-state index >= 15 is 8.78 Å². The van der Waals surface area contributed by atoms with Crippen molar-refractivity contribution in [2.75, 3.05) is 25.4 Å². The molecule has 594 valence electrons. The number of ketones is 2. The molecular formula is C73H88F11N13O9S3. The average Bonchev–Trinajstić information content (AvgIpc) is 0.708. The van der Waals surface area contributed by atoms with E-state index in [9.17, 15) is 71.3 Å². The summed E-state index contributed by atoms with van der Waals surface area (Å²) in [7, 11) is -10.5. The molecule has 6 aliphatic rings. The highest BCUT2D eigenvalue weighted by Crippen LogP contribution is 2.54. The molecule has 11 heterocycles. The van der Waals surface area contributed by atoms with Crippen LogP contribution >= 0.6 is 0 Å². The Morgan fingerprint density at radius 2 is 0.780 bits per heavy atom. The van der Waals surface area contributed by atoms with E-state index in [1.165, 1.54) is 80.5 Å². The molecule has 0 bridgehead atoms. The second-order valence-corrected chi connectivity index (χ2v) is 41.0. The van der Waals surface area contributed by atoms with Crippen molar-refractivity contribution in [1.82, 2.24) is 24.9 Å². The molecule has 6 aliphatic heterocycles. The van der Waals surface area contributed by atoms with E-state index in [-0.39, 0.29) is 76.5 Å². The van der Waals surface area contributed by atoms with Crippen molar-refractivity contribution in [1.29, 1.82) is 0 Å². The van der Waals surface area contributed by atoms with Crippen molar-refractivity contribution in [3.05, 3.63) is 141 Å². The Bertz CT molecular complexity index is 5070. The van der Waals surface area contributed by atoms with Gasteiger partial charge in [-0.25, -0.2) is 89.0 Å². The maximum Gasteiger partial charge on any atom is 0.312 e. The minimum Gasteiger partial charge on any atom is -0.460 e. The van der Waals surface area contributed by atoms with E-state index in [1.807, 2.05) is 0 Å². The smallest absolute Gasteiger partial charge is 0.312 e. The van der Waals surface area contributed by atoms with Crippen LogP contribution in [0.5, 0.6) is 0 Å². The SMILES string of the molecule is CC(C)(C)OC(=O)CC1=N[C@](C)(c2nc(N)ccc2F)[C@H]2CC(F)(F)CN=[S@]2(=O)C1(C)C.Cc1cc(F)cnc1C(=O)Cc1ccc(F)c([C@@]2(C)N=C(CC(=O)OC(C)(C)C)C(C)(C)[S@@]3(=O)=NCC(F)(F)C[C@H]23)n1.Cc1cc(F)cnc1C(=O)Cc1ccc(F)c([C@@]2(C)N=C(N)C(C)(C)[S@@]3(=O)=NCC(F)(F)C[C@H]23)n1. The molecule has 11 rings (SSSR count). The van der Waals surface area contributed by atoms with Crippen LogP contribution in [0, 0.1) is 42.9 Å². The summed E-state index contributed by atoms with van der Waals surface area (Å²) in [6.45, 7) is 23.6. The highest BCUT2D eigenvalue weighted by molar-refractivity contribution is 7.97. The van der Waals surface area contributed by atoms with Crippen LogP contribution in [-0.4, -0.2) is 157 Å². The summed E-state index contributed by atoms with van der Waals surface area (Å²) in [6, 6.07) is 9.22. The monoisotopic (exact) mass is 1600 g/mol. The molecular weight excluding hydrogens is 1510 g/mol. The van der Waals surface area contributed by atoms with E-state index in [0.29, 0.717) is 11.1 Å². The Hall–Kier alpha value is -8.28. The van der Waals surface area contributed by atoms with Crippen molar-refractivity contribution in [3.8, 4) is 0 Å². The van der Waals surface area contributed by atoms with Crippen molar-refractivity contribution < 1.29 is 89.6 Å². The number of anilines is 1. The largest absolute Gasteiger partial charge is 0.460 e. The van der Waals surface area contributed by atoms with Gasteiger partial charge in [0.15, 0.2) is 11.6 Å². The van der Waals surface area contributed by atoms with Crippen LogP contribution in [0.3, 0.4) is 0 Å². The van der Waals surface area contributed by atoms with Crippen LogP contribution in [0.4, 0.5) is 54.1 Å². The quantitative estimate of drug-likeness (QED) is 0.0628. The maximum absolute atomic E-state index is 15.6. The lowest BCUT2D eigenvalue weighted by molar-refractivity contribution is -0.154. The number of aromatic nitrogens is 5. The van der Waals surface area contributed by atoms with Gasteiger partial charge in [0, 0.05) is 42.1 Å². The fourth-order valence-electron chi connectivity index (χ4n) is 14.2. The van der Waals surface area contributed by atoms with Gasteiger partial charge in [0.25, 0.3) is 17.8 Å². The summed E-state index contributed by atoms with van der Waals surface area (Å²) >= 11 is 0. The first-order valence-electron chi connectivity index (χ1n) is 34.5. The van der Waals surface area contributed by atoms with Gasteiger partial charge in [-0.3, -0.25) is 44.1 Å². The summed E-state index contributed by atoms with van der Waals surface area (Å²) in [6.07, 6.45) is -2.18. The van der Waals surface area contributed by atoms with E-state index in [2.05, 4.69) is 53.0 Å². The molecule has 4 N–H and O–H groups in total. The summed E-state index contributed by atoms with van der Waals surface area (Å²) < 4.78 is 221. The summed E-state index contributed by atoms with van der Waals surface area (Å²) in [5, 5.41) is -4.20. The zero-order chi connectivity index (χ0) is 81.8. The Kier molecular flexibility index (Phi) is 22.4. The Morgan fingerprint density at radius 1 is 0.468 bits per heavy atom. The number of aryl methyl sites for hydroxylation is 2. The number of hydrogen-bond donors (Lipinski definition) is 2. The number of halogens is 11. The first-order chi connectivity index (χ1) is 49.7. The van der Waals surface area contributed by atoms with Crippen LogP contribution in [0.1, 0.15) is 197 Å². The Morgan fingerprint density at radius 3 is 1.11 bits per heavy atom. The number of pyridine rings is 5. The Labute approximate surface area is 625 Å². The van der Waals surface area contributed by atoms with Gasteiger partial charge in [-0.15, -0.1) is 0 Å². The number of fused-ring (bicyclic) bond motifs is 3. The number of alkyl halides is 6. The number of hydrogen-bond acceptors (Lipinski definition) is 22. The third-order valence-electron chi connectivity index (χ3n) is 20.1. The van der Waals surface area contributed by atoms with Gasteiger partial charge >= 0.3 is 11.9 Å². The molecule has 0 saturated heterocycles. The minimum absolute atomic E-state index is 0.00103. The number of amidine groups is 1. The first kappa shape index (κ1) is 84.7. The van der Waals surface area contributed by atoms with Crippen molar-refractivity contribution in [2.24, 2.45) is 33.8 Å². The zero-order valence-electron chi connectivity index (χ0n) is 63.2. The number of nitrogen functional groups attached to an aromatic ring is 1. The topological polar surface area (TPSA) is 329 Å². The summed E-state index contributed by atoms with van der Waals surface area (Å²) in [5.41, 5.74) is 4.69. The van der Waals surface area contributed by atoms with E-state index < -0.39 is 208 Å². The zero-order valence-corrected chi connectivity index (χ0v) is 65.7. The highest BCUT2D eigenvalue weighted by atomic mass is 32.2. The predicted octanol–water partition coefficient (Wildman–Crippen LogP) is 13.1. The third kappa shape index (κ3) is 16.4. The van der Waals surface area contributed by atoms with Gasteiger partial charge in [0.2, 0.25) is 0 Å². The lowest BCUT2D eigenvalue weighted by atomic mass is 9.86. The average molecular weight is 1600 g/mol. The van der Waals surface area contributed by atoms with Crippen molar-refractivity contribution in [3.63, 3.8) is 0 Å². The number of carbonyl (C=O) groups is 4. The second-order valence-electron chi connectivity index (χ2n) is 32.0. The molecule has 0 aromatic carbocycles. The molecule has 0 radical (unpaired) electrons. The minimum atomic E-state index is -3.59. The number of ether oxygens (including phenoxy) is 2. The van der Waals surface area contributed by atoms with Gasteiger partial charge in [-0.1, -0.05) is 0 Å². The normalized spacial score (nSPS) is 28.7. The van der Waals surface area contributed by atoms with Crippen molar-refractivity contribution in [2.45, 2.75) is 238 Å². The number of Topliss-reactive ketones (excluding diaryl/α,β-unsaturated/α-hetero) is 2. The Balaban J connectivity index is 0.000000190. The van der Waals surface area contributed by atoms with E-state index in [0.717, 1.165) is 42.7 Å². The molecule has 0 saturated carbocycles. The lowest BCUT2D eigenvalue weighted by Crippen LogP contribution is -2.62. The number of aliphatic imine (C=N–C) groups is 3. The summed E-state index contributed by atoms with van der Waals surface area (Å²) in [5.74, 6) is -16.1. The van der Waals surface area contributed by atoms with Crippen LogP contribution in [-0.2, 0) is 77.7 Å². The van der Waals surface area contributed by atoms with Crippen LogP contribution in [0.2, 0.25) is 0 Å². The summed E-state index contributed by atoms with van der Waals surface area (Å²) in [4.78, 5) is 85.1. The highest BCUT2D eigenvalue weighted by Gasteiger charge is 2.64. The number of nitrogens with zero attached hydrogens (tertiary/aromatic N) is 11. The standard InChI is InChI=1S/C29H34F4N4O4S.C23H25F4N5O2S.C21H29F3N4O3S/c1-16-10-17(30)14-34-24(16)20(38)11-18-8-9-19(31)25(36-18)28(7)22-13-29(32,33)15-35-42(22,40)27(5,6)21(37-28)12-23(39)41-26(2,3)4;1-12-7-13(24)10-29-18(12)16(33)8-14-5-6-15(25)19(31-14)22(4)17-9-23(26,27)11-30-35(17,34)21(2,3)20(28)32-22;1-18(2,3)31-16(29)9-13-19(4,5)32(30)14(10-21(23,24)11-26-32)20(6,28-13)17-12(22)7-8-15(25)27-17/h8-10,14,22H,11-13,15H2,1-7H3;5-7,10,17H,8-9,11H2,1-4H3,(H2,28,32);7-8,14H,9-11H2,1-6H3,(H2,25,27)/t22-,28+,42-;17-,22+,35-;14-,20+,32-/m111/s1. The molecule has 0 fully saturated rings. The van der Waals surface area contributed by atoms with Gasteiger partial charge in [-0.05, 0) is 177 Å². The molecule has 0 aliphatic carbocycles. The van der Waals surface area contributed by atoms with Gasteiger partial charge < -0.3 is 20.9 Å². The molecule has 109 heavy (non-hydrogen) atoms. The fourth-order valence-corrected chi connectivity index (χ4v) is 24.0. The molecule has 0 spiro atoms. The molecule has 5 aromatic rings. The number of nitrogens with two attached hydrogens (primary N) is 2. The lowest BCUT2D eigenvalue weighted by Gasteiger charge is -2.49. The number of rotatable bonds is 13. The third-order valence-corrected chi connectivity index (χ3v) is 30.9. The van der Waals surface area contributed by atoms with Crippen LogP contribution < -0.4 is 11.5 Å². The molecule has 0 unspecified atom stereocenters. The number of esters is 2. The predicted molar refractivity (Wildman–Crippen MR) is 389 cm³/mol. The van der Waals surface area contributed by atoms with E-state index in [1.54, 1.807) is 55.4 Å². The van der Waals surface area contributed by atoms with Gasteiger partial charge in [0.05, 0.1) is 92.5 Å².